The number of ether oxygens (including phenoxy) is 1. The van der Waals surface area contributed by atoms with E-state index < -0.39 is 0 Å². The quantitative estimate of drug-likeness (QED) is 0.864. The number of hydrogen-bond acceptors (Lipinski definition) is 3. The zero-order valence-corrected chi connectivity index (χ0v) is 16.7. The van der Waals surface area contributed by atoms with Crippen LogP contribution in [0.2, 0.25) is 0 Å². The average Bonchev–Trinajstić information content (AvgIpc) is 3.01. The van der Waals surface area contributed by atoms with Gasteiger partial charge in [-0.05, 0) is 69.6 Å². The predicted molar refractivity (Wildman–Crippen MR) is 109 cm³/mol. The first-order chi connectivity index (χ1) is 13.2. The van der Waals surface area contributed by atoms with Crippen LogP contribution in [0.1, 0.15) is 63.5 Å². The van der Waals surface area contributed by atoms with Crippen LogP contribution in [0.5, 0.6) is 0 Å². The third-order valence-corrected chi connectivity index (χ3v) is 6.41. The average molecular weight is 372 g/mol. The third-order valence-electron chi connectivity index (χ3n) is 6.41. The number of nitrogens with one attached hydrogen (secondary N) is 1. The monoisotopic (exact) mass is 371 g/mol. The van der Waals surface area contributed by atoms with Crippen LogP contribution in [0, 0.1) is 6.92 Å². The fourth-order valence-corrected chi connectivity index (χ4v) is 4.99. The Balaban J connectivity index is 1.41. The summed E-state index contributed by atoms with van der Waals surface area (Å²) in [6.07, 6.45) is 8.62. The van der Waals surface area contributed by atoms with Gasteiger partial charge in [0.05, 0.1) is 17.1 Å². The van der Waals surface area contributed by atoms with Crippen LogP contribution in [-0.4, -0.2) is 46.3 Å². The van der Waals surface area contributed by atoms with Crippen molar-refractivity contribution in [1.29, 1.82) is 0 Å². The van der Waals surface area contributed by atoms with Crippen molar-refractivity contribution in [3.63, 3.8) is 0 Å². The lowest BCUT2D eigenvalue weighted by atomic mass is 9.90. The summed E-state index contributed by atoms with van der Waals surface area (Å²) in [5.41, 5.74) is 3.26. The number of likely N-dealkylation sites (tertiary alicyclic amines) is 1. The first-order valence-electron chi connectivity index (χ1n) is 10.7. The molecule has 5 heteroatoms. The van der Waals surface area contributed by atoms with E-state index >= 15 is 0 Å². The fraction of sp³-hybridized carbons (Fsp3) is 0.682. The predicted octanol–water partition coefficient (Wildman–Crippen LogP) is 4.01. The van der Waals surface area contributed by atoms with E-state index in [1.807, 2.05) is 10.6 Å². The summed E-state index contributed by atoms with van der Waals surface area (Å²) in [4.78, 5) is 18.2. The maximum absolute atomic E-state index is 12.6. The van der Waals surface area contributed by atoms with Gasteiger partial charge >= 0.3 is 5.69 Å². The molecule has 5 nitrogen and oxygen atoms in total. The molecule has 2 aliphatic rings. The molecule has 4 rings (SSSR count). The number of piperidine rings is 1. The molecule has 1 saturated carbocycles. The molecule has 1 aliphatic carbocycles. The molecule has 2 atom stereocenters. The van der Waals surface area contributed by atoms with Gasteiger partial charge in [-0.25, -0.2) is 4.79 Å². The van der Waals surface area contributed by atoms with Gasteiger partial charge in [0.15, 0.2) is 0 Å². The van der Waals surface area contributed by atoms with E-state index in [1.54, 1.807) is 0 Å². The van der Waals surface area contributed by atoms with E-state index in [2.05, 4.69) is 35.9 Å². The number of H-pyrrole nitrogens is 1. The van der Waals surface area contributed by atoms with Gasteiger partial charge < -0.3 is 14.6 Å². The molecule has 2 aromatic rings. The number of fused-ring (bicyclic) bond motifs is 1. The lowest BCUT2D eigenvalue weighted by molar-refractivity contribution is -0.00714. The van der Waals surface area contributed by atoms with Gasteiger partial charge in [0.1, 0.15) is 0 Å². The Morgan fingerprint density at radius 2 is 1.96 bits per heavy atom. The molecule has 0 bridgehead atoms. The van der Waals surface area contributed by atoms with E-state index in [9.17, 15) is 4.79 Å². The molecule has 0 amide bonds. The molecule has 148 valence electrons. The van der Waals surface area contributed by atoms with Crippen LogP contribution >= 0.6 is 0 Å². The Kier molecular flexibility index (Phi) is 5.69. The van der Waals surface area contributed by atoms with Crippen molar-refractivity contribution in [2.45, 2.75) is 77.0 Å². The molecule has 2 heterocycles. The molecule has 1 aromatic heterocycles. The number of imidazole rings is 1. The number of nitrogens with zero attached hydrogens (tertiary/aromatic N) is 2. The summed E-state index contributed by atoms with van der Waals surface area (Å²) in [7, 11) is 0. The zero-order valence-electron chi connectivity index (χ0n) is 16.7. The van der Waals surface area contributed by atoms with Crippen molar-refractivity contribution in [1.82, 2.24) is 14.5 Å². The molecule has 2 fully saturated rings. The molecule has 0 radical (unpaired) electrons. The Hall–Kier alpha value is -1.59. The van der Waals surface area contributed by atoms with Gasteiger partial charge in [-0.2, -0.15) is 0 Å². The number of benzene rings is 1. The summed E-state index contributed by atoms with van der Waals surface area (Å²) in [5, 5.41) is 0. The Bertz CT molecular complexity index is 817. The van der Waals surface area contributed by atoms with E-state index in [4.69, 9.17) is 4.74 Å². The van der Waals surface area contributed by atoms with E-state index in [0.717, 1.165) is 50.0 Å². The van der Waals surface area contributed by atoms with Crippen LogP contribution in [0.4, 0.5) is 0 Å². The minimum Gasteiger partial charge on any atom is -0.378 e. The number of aromatic nitrogens is 2. The second-order valence-corrected chi connectivity index (χ2v) is 8.40. The SMILES string of the molecule is CCCOC1CCCC(N2CCC(n3c(=O)[nH]c4ccc(C)cc43)CC2)C1. The topological polar surface area (TPSA) is 50.3 Å². The molecule has 1 N–H and O–H groups in total. The van der Waals surface area contributed by atoms with E-state index in [0.29, 0.717) is 18.2 Å². The van der Waals surface area contributed by atoms with Gasteiger partial charge in [0.2, 0.25) is 0 Å². The smallest absolute Gasteiger partial charge is 0.326 e. The Morgan fingerprint density at radius 1 is 1.15 bits per heavy atom. The van der Waals surface area contributed by atoms with E-state index in [-0.39, 0.29) is 5.69 Å². The van der Waals surface area contributed by atoms with Gasteiger partial charge in [-0.1, -0.05) is 13.0 Å². The molecule has 1 saturated heterocycles. The highest BCUT2D eigenvalue weighted by Crippen LogP contribution is 2.31. The lowest BCUT2D eigenvalue weighted by Gasteiger charge is -2.41. The number of hydrogen-bond donors (Lipinski definition) is 1. The molecular formula is C22H33N3O2. The summed E-state index contributed by atoms with van der Waals surface area (Å²) in [6, 6.07) is 7.18. The van der Waals surface area contributed by atoms with Crippen LogP contribution in [0.15, 0.2) is 23.0 Å². The number of aromatic amines is 1. The minimum absolute atomic E-state index is 0.0414. The highest BCUT2D eigenvalue weighted by molar-refractivity contribution is 5.76. The minimum atomic E-state index is 0.0414. The van der Waals surface area contributed by atoms with E-state index in [1.165, 1.54) is 31.2 Å². The largest absolute Gasteiger partial charge is 0.378 e. The standard InChI is InChI=1S/C22H33N3O2/c1-3-13-27-19-6-4-5-18(15-19)24-11-9-17(10-12-24)25-21-14-16(2)7-8-20(21)23-22(25)26/h7-8,14,17-19H,3-6,9-13,15H2,1-2H3,(H,23,26). The lowest BCUT2D eigenvalue weighted by Crippen LogP contribution is -2.46. The van der Waals surface area contributed by atoms with Crippen molar-refractivity contribution in [2.75, 3.05) is 19.7 Å². The van der Waals surface area contributed by atoms with Crippen LogP contribution in [0.25, 0.3) is 11.0 Å². The Morgan fingerprint density at radius 3 is 2.74 bits per heavy atom. The molecule has 2 unspecified atom stereocenters. The van der Waals surface area contributed by atoms with Gasteiger partial charge in [0, 0.05) is 31.8 Å². The second kappa shape index (κ2) is 8.19. The van der Waals surface area contributed by atoms with Crippen molar-refractivity contribution in [3.05, 3.63) is 34.2 Å². The molecule has 27 heavy (non-hydrogen) atoms. The summed E-state index contributed by atoms with van der Waals surface area (Å²) in [6.45, 7) is 7.33. The highest BCUT2D eigenvalue weighted by Gasteiger charge is 2.31. The highest BCUT2D eigenvalue weighted by atomic mass is 16.5. The maximum atomic E-state index is 12.6. The fourth-order valence-electron chi connectivity index (χ4n) is 4.99. The second-order valence-electron chi connectivity index (χ2n) is 8.40. The van der Waals surface area contributed by atoms with Gasteiger partial charge in [-0.3, -0.25) is 4.57 Å². The summed E-state index contributed by atoms with van der Waals surface area (Å²) >= 11 is 0. The summed E-state index contributed by atoms with van der Waals surface area (Å²) in [5.74, 6) is 0. The summed E-state index contributed by atoms with van der Waals surface area (Å²) < 4.78 is 8.04. The maximum Gasteiger partial charge on any atom is 0.326 e. The van der Waals surface area contributed by atoms with Crippen LogP contribution < -0.4 is 5.69 Å². The van der Waals surface area contributed by atoms with Crippen molar-refractivity contribution in [2.24, 2.45) is 0 Å². The molecule has 0 spiro atoms. The van der Waals surface area contributed by atoms with Gasteiger partial charge in [0.25, 0.3) is 0 Å². The number of aryl methyl sites for hydroxylation is 1. The first-order valence-corrected chi connectivity index (χ1v) is 10.7. The van der Waals surface area contributed by atoms with Crippen molar-refractivity contribution < 1.29 is 4.74 Å². The number of rotatable bonds is 5. The van der Waals surface area contributed by atoms with Crippen molar-refractivity contribution >= 4 is 11.0 Å². The molecule has 1 aliphatic heterocycles. The molecule has 1 aromatic carbocycles. The van der Waals surface area contributed by atoms with Crippen LogP contribution in [0.3, 0.4) is 0 Å². The Labute approximate surface area is 161 Å². The van der Waals surface area contributed by atoms with Crippen molar-refractivity contribution in [3.8, 4) is 0 Å². The molecular weight excluding hydrogens is 338 g/mol. The van der Waals surface area contributed by atoms with Crippen LogP contribution in [-0.2, 0) is 4.74 Å². The zero-order chi connectivity index (χ0) is 18.8. The first kappa shape index (κ1) is 18.8. The third kappa shape index (κ3) is 3.99. The normalized spacial score (nSPS) is 25.3. The van der Waals surface area contributed by atoms with Gasteiger partial charge in [-0.15, -0.1) is 0 Å².